The van der Waals surface area contributed by atoms with E-state index in [1.54, 1.807) is 31.2 Å². The number of benzene rings is 2. The third kappa shape index (κ3) is 3.71. The van der Waals surface area contributed by atoms with E-state index >= 15 is 0 Å². The summed E-state index contributed by atoms with van der Waals surface area (Å²) in [4.78, 5) is 24.7. The van der Waals surface area contributed by atoms with Gasteiger partial charge in [0.25, 0.3) is 11.7 Å². The number of hydrogen-bond donors (Lipinski definition) is 1. The standard InChI is InChI=1S/C24H23NO6/c1-15-17-7-3-4-8-18(17)29-22(15)23(27)28-14-21(26)25-16-9-10-19-20(13-16)31-24(30-19)11-5-2-6-12-24/h3-4,7-10,13H,2,5-6,11-12,14H2,1H3,(H,25,26). The topological polar surface area (TPSA) is 87.0 Å². The van der Waals surface area contributed by atoms with Gasteiger partial charge in [-0.3, -0.25) is 4.79 Å². The molecule has 1 aliphatic heterocycles. The van der Waals surface area contributed by atoms with Gasteiger partial charge in [0.05, 0.1) is 0 Å². The van der Waals surface area contributed by atoms with Gasteiger partial charge in [-0.2, -0.15) is 0 Å². The molecule has 0 bridgehead atoms. The van der Waals surface area contributed by atoms with Gasteiger partial charge in [-0.1, -0.05) is 24.6 Å². The third-order valence-electron chi connectivity index (χ3n) is 5.80. The van der Waals surface area contributed by atoms with Gasteiger partial charge in [0.15, 0.2) is 18.1 Å². The molecule has 7 nitrogen and oxygen atoms in total. The van der Waals surface area contributed by atoms with Gasteiger partial charge in [0.1, 0.15) is 5.58 Å². The van der Waals surface area contributed by atoms with Crippen molar-refractivity contribution in [1.29, 1.82) is 0 Å². The van der Waals surface area contributed by atoms with Crippen molar-refractivity contribution < 1.29 is 28.2 Å². The molecule has 0 atom stereocenters. The van der Waals surface area contributed by atoms with Gasteiger partial charge in [-0.15, -0.1) is 0 Å². The molecule has 1 amide bonds. The first-order valence-corrected chi connectivity index (χ1v) is 10.5. The van der Waals surface area contributed by atoms with Crippen molar-refractivity contribution in [2.75, 3.05) is 11.9 Å². The van der Waals surface area contributed by atoms with Crippen molar-refractivity contribution in [3.8, 4) is 11.5 Å². The van der Waals surface area contributed by atoms with E-state index in [1.165, 1.54) is 6.42 Å². The molecule has 2 heterocycles. The molecule has 0 unspecified atom stereocenters. The minimum absolute atomic E-state index is 0.106. The highest BCUT2D eigenvalue weighted by Gasteiger charge is 2.42. The Kier molecular flexibility index (Phi) is 4.81. The lowest BCUT2D eigenvalue weighted by atomic mass is 9.94. The first kappa shape index (κ1) is 19.5. The van der Waals surface area contributed by atoms with Crippen LogP contribution in [0.25, 0.3) is 11.0 Å². The Morgan fingerprint density at radius 2 is 1.81 bits per heavy atom. The van der Waals surface area contributed by atoms with Gasteiger partial charge in [0, 0.05) is 35.5 Å². The van der Waals surface area contributed by atoms with Crippen LogP contribution in [0, 0.1) is 6.92 Å². The van der Waals surface area contributed by atoms with Crippen molar-refractivity contribution in [2.24, 2.45) is 0 Å². The molecule has 2 aromatic carbocycles. The monoisotopic (exact) mass is 421 g/mol. The molecular formula is C24H23NO6. The molecule has 1 spiro atoms. The number of esters is 1. The molecule has 1 aliphatic carbocycles. The maximum Gasteiger partial charge on any atom is 0.375 e. The van der Waals surface area contributed by atoms with Crippen LogP contribution in [0.15, 0.2) is 46.9 Å². The fourth-order valence-electron chi connectivity index (χ4n) is 4.23. The number of anilines is 1. The average Bonchev–Trinajstić information content (AvgIpc) is 3.29. The van der Waals surface area contributed by atoms with Crippen LogP contribution in [0.1, 0.15) is 48.2 Å². The quantitative estimate of drug-likeness (QED) is 0.599. The number of para-hydroxylation sites is 1. The molecule has 1 saturated carbocycles. The number of nitrogens with one attached hydrogen (secondary N) is 1. The minimum atomic E-state index is -0.672. The Balaban J connectivity index is 1.20. The Morgan fingerprint density at radius 1 is 1.03 bits per heavy atom. The summed E-state index contributed by atoms with van der Waals surface area (Å²) in [7, 11) is 0. The number of furan rings is 1. The maximum absolute atomic E-state index is 12.4. The van der Waals surface area contributed by atoms with Crippen LogP contribution in [0.2, 0.25) is 0 Å². The van der Waals surface area contributed by atoms with E-state index in [0.717, 1.165) is 31.1 Å². The summed E-state index contributed by atoms with van der Waals surface area (Å²) in [5.74, 6) is -0.276. The number of fused-ring (bicyclic) bond motifs is 2. The minimum Gasteiger partial charge on any atom is -0.450 e. The van der Waals surface area contributed by atoms with Crippen LogP contribution in [0.4, 0.5) is 5.69 Å². The van der Waals surface area contributed by atoms with Crippen LogP contribution >= 0.6 is 0 Å². The van der Waals surface area contributed by atoms with E-state index in [4.69, 9.17) is 18.6 Å². The van der Waals surface area contributed by atoms with E-state index in [1.807, 2.05) is 18.2 Å². The van der Waals surface area contributed by atoms with E-state index < -0.39 is 24.3 Å². The Hall–Kier alpha value is -3.48. The smallest absolute Gasteiger partial charge is 0.375 e. The predicted molar refractivity (Wildman–Crippen MR) is 113 cm³/mol. The number of carbonyl (C=O) groups is 2. The van der Waals surface area contributed by atoms with Crippen LogP contribution in [0.3, 0.4) is 0 Å². The van der Waals surface area contributed by atoms with Crippen LogP contribution in [0.5, 0.6) is 11.5 Å². The fourth-order valence-corrected chi connectivity index (χ4v) is 4.23. The Labute approximate surface area is 179 Å². The second kappa shape index (κ2) is 7.65. The lowest BCUT2D eigenvalue weighted by molar-refractivity contribution is -0.119. The van der Waals surface area contributed by atoms with Crippen molar-refractivity contribution in [1.82, 2.24) is 0 Å². The van der Waals surface area contributed by atoms with Crippen LogP contribution in [-0.2, 0) is 9.53 Å². The second-order valence-corrected chi connectivity index (χ2v) is 8.01. The largest absolute Gasteiger partial charge is 0.450 e. The van der Waals surface area contributed by atoms with Crippen molar-refractivity contribution in [3.63, 3.8) is 0 Å². The molecule has 2 aliphatic rings. The van der Waals surface area contributed by atoms with Gasteiger partial charge < -0.3 is 23.9 Å². The van der Waals surface area contributed by atoms with Gasteiger partial charge in [-0.25, -0.2) is 4.79 Å². The zero-order valence-corrected chi connectivity index (χ0v) is 17.2. The van der Waals surface area contributed by atoms with Gasteiger partial charge >= 0.3 is 5.97 Å². The first-order chi connectivity index (χ1) is 15.0. The summed E-state index contributed by atoms with van der Waals surface area (Å²) in [6.45, 7) is 1.36. The number of hydrogen-bond acceptors (Lipinski definition) is 6. The van der Waals surface area contributed by atoms with E-state index in [-0.39, 0.29) is 5.76 Å². The molecule has 1 aromatic heterocycles. The highest BCUT2D eigenvalue weighted by atomic mass is 16.7. The number of amides is 1. The van der Waals surface area contributed by atoms with Crippen molar-refractivity contribution >= 4 is 28.5 Å². The zero-order valence-electron chi connectivity index (χ0n) is 17.2. The Bertz CT molecular complexity index is 1160. The summed E-state index contributed by atoms with van der Waals surface area (Å²) in [5, 5.41) is 3.57. The fraction of sp³-hybridized carbons (Fsp3) is 0.333. The molecule has 31 heavy (non-hydrogen) atoms. The molecule has 3 aromatic rings. The highest BCUT2D eigenvalue weighted by molar-refractivity contribution is 5.98. The number of aryl methyl sites for hydroxylation is 1. The highest BCUT2D eigenvalue weighted by Crippen LogP contribution is 2.46. The van der Waals surface area contributed by atoms with E-state index in [0.29, 0.717) is 28.3 Å². The first-order valence-electron chi connectivity index (χ1n) is 10.5. The molecule has 5 rings (SSSR count). The SMILES string of the molecule is Cc1c(C(=O)OCC(=O)Nc2ccc3c(c2)OC2(CCCCC2)O3)oc2ccccc12. The predicted octanol–water partition coefficient (Wildman–Crippen LogP) is 4.97. The van der Waals surface area contributed by atoms with E-state index in [2.05, 4.69) is 5.32 Å². The molecule has 1 fully saturated rings. The molecule has 1 N–H and O–H groups in total. The third-order valence-corrected chi connectivity index (χ3v) is 5.80. The molecule has 160 valence electrons. The van der Waals surface area contributed by atoms with E-state index in [9.17, 15) is 9.59 Å². The summed E-state index contributed by atoms with van der Waals surface area (Å²) >= 11 is 0. The molecule has 7 heteroatoms. The summed E-state index contributed by atoms with van der Waals surface area (Å²) in [6, 6.07) is 12.6. The number of rotatable bonds is 4. The van der Waals surface area contributed by atoms with Crippen LogP contribution < -0.4 is 14.8 Å². The number of ether oxygens (including phenoxy) is 3. The van der Waals surface area contributed by atoms with Crippen molar-refractivity contribution in [3.05, 3.63) is 53.8 Å². The van der Waals surface area contributed by atoms with Gasteiger partial charge in [-0.05, 0) is 38.0 Å². The molecule has 0 radical (unpaired) electrons. The molecule has 0 saturated heterocycles. The number of carbonyl (C=O) groups excluding carboxylic acids is 2. The second-order valence-electron chi connectivity index (χ2n) is 8.01. The average molecular weight is 421 g/mol. The Morgan fingerprint density at radius 3 is 2.61 bits per heavy atom. The van der Waals surface area contributed by atoms with Gasteiger partial charge in [0.2, 0.25) is 5.76 Å². The molecular weight excluding hydrogens is 398 g/mol. The lowest BCUT2D eigenvalue weighted by Gasteiger charge is -2.31. The maximum atomic E-state index is 12.4. The van der Waals surface area contributed by atoms with Crippen LogP contribution in [-0.4, -0.2) is 24.3 Å². The summed E-state index contributed by atoms with van der Waals surface area (Å²) in [6.07, 6.45) is 5.07. The summed E-state index contributed by atoms with van der Waals surface area (Å²) < 4.78 is 22.9. The normalized spacial score (nSPS) is 16.4. The lowest BCUT2D eigenvalue weighted by Crippen LogP contribution is -2.40. The van der Waals surface area contributed by atoms with Crippen molar-refractivity contribution in [2.45, 2.75) is 44.8 Å². The summed E-state index contributed by atoms with van der Waals surface area (Å²) in [5.41, 5.74) is 1.84. The zero-order chi connectivity index (χ0) is 21.4.